The summed E-state index contributed by atoms with van der Waals surface area (Å²) in [6.45, 7) is 12.1. The zero-order chi connectivity index (χ0) is 25.8. The van der Waals surface area contributed by atoms with Crippen molar-refractivity contribution < 1.29 is 13.9 Å². The van der Waals surface area contributed by atoms with Crippen molar-refractivity contribution in [2.45, 2.75) is 19.9 Å². The number of fused-ring (bicyclic) bond motifs is 1. The number of anilines is 4. The second-order valence-corrected chi connectivity index (χ2v) is 9.10. The van der Waals surface area contributed by atoms with E-state index in [4.69, 9.17) is 9.15 Å². The van der Waals surface area contributed by atoms with Gasteiger partial charge in [0, 0.05) is 61.4 Å². The number of carbonyl (C=O) groups excluding carboxylic acids is 1. The maximum Gasteiger partial charge on any atom is 0.268 e. The predicted molar refractivity (Wildman–Crippen MR) is 146 cm³/mol. The Balaban J connectivity index is 1.31. The van der Waals surface area contributed by atoms with E-state index in [9.17, 15) is 4.79 Å². The lowest BCUT2D eigenvalue weighted by Crippen LogP contribution is -2.48. The minimum atomic E-state index is -0.303. The second kappa shape index (κ2) is 10.7. The molecule has 0 saturated carbocycles. The zero-order valence-electron chi connectivity index (χ0n) is 21.0. The average molecular weight is 499 g/mol. The van der Waals surface area contributed by atoms with E-state index in [1.165, 1.54) is 11.8 Å². The van der Waals surface area contributed by atoms with E-state index in [1.807, 2.05) is 12.1 Å². The molecule has 1 amide bonds. The summed E-state index contributed by atoms with van der Waals surface area (Å²) in [6, 6.07) is 17.6. The molecule has 0 aliphatic carbocycles. The van der Waals surface area contributed by atoms with Crippen LogP contribution in [0.1, 0.15) is 13.8 Å². The van der Waals surface area contributed by atoms with Gasteiger partial charge < -0.3 is 24.7 Å². The normalized spacial score (nSPS) is 14.1. The van der Waals surface area contributed by atoms with Crippen molar-refractivity contribution in [3.05, 3.63) is 73.5 Å². The monoisotopic (exact) mass is 498 g/mol. The SMILES string of the molecule is C=CC(=O)Nc1cccc(Oc2nc(Nc3ccc(N4CCN(C(C)C)CC4)cc3)nc3ccoc23)c1. The Morgan fingerprint density at radius 3 is 2.57 bits per heavy atom. The number of aromatic nitrogens is 2. The Bertz CT molecular complexity index is 1390. The molecule has 3 heterocycles. The average Bonchev–Trinajstić information content (AvgIpc) is 3.38. The molecule has 4 aromatic rings. The standard InChI is InChI=1S/C28H30N6O3/c1-4-25(35)29-21-6-5-7-23(18-21)37-27-26-24(12-17-36-26)31-28(32-27)30-20-8-10-22(11-9-20)34-15-13-33(14-16-34)19(2)3/h4-12,17-19H,1,13-16H2,2-3H3,(H,29,35)(H,30,31,32). The van der Waals surface area contributed by atoms with Gasteiger partial charge >= 0.3 is 0 Å². The highest BCUT2D eigenvalue weighted by molar-refractivity contribution is 5.99. The third kappa shape index (κ3) is 5.73. The first kappa shape index (κ1) is 24.3. The van der Waals surface area contributed by atoms with Crippen molar-refractivity contribution >= 4 is 40.0 Å². The lowest BCUT2D eigenvalue weighted by Gasteiger charge is -2.38. The fourth-order valence-electron chi connectivity index (χ4n) is 4.29. The molecule has 190 valence electrons. The van der Waals surface area contributed by atoms with Gasteiger partial charge in [0.1, 0.15) is 11.3 Å². The molecular formula is C28H30N6O3. The maximum absolute atomic E-state index is 11.6. The topological polar surface area (TPSA) is 95.8 Å². The third-order valence-electron chi connectivity index (χ3n) is 6.31. The summed E-state index contributed by atoms with van der Waals surface area (Å²) in [5.41, 5.74) is 3.70. The Labute approximate surface area is 215 Å². The Morgan fingerprint density at radius 2 is 1.84 bits per heavy atom. The van der Waals surface area contributed by atoms with Gasteiger partial charge in [-0.1, -0.05) is 12.6 Å². The molecule has 2 aromatic carbocycles. The Hall–Kier alpha value is -4.37. The fraction of sp³-hybridized carbons (Fsp3) is 0.250. The lowest BCUT2D eigenvalue weighted by molar-refractivity contribution is -0.111. The number of rotatable bonds is 8. The predicted octanol–water partition coefficient (Wildman–Crippen LogP) is 5.41. The van der Waals surface area contributed by atoms with E-state index in [2.05, 4.69) is 63.0 Å². The number of nitrogens with one attached hydrogen (secondary N) is 2. The van der Waals surface area contributed by atoms with Crippen LogP contribution >= 0.6 is 0 Å². The molecule has 1 fully saturated rings. The first-order valence-electron chi connectivity index (χ1n) is 12.3. The summed E-state index contributed by atoms with van der Waals surface area (Å²) in [7, 11) is 0. The maximum atomic E-state index is 11.6. The van der Waals surface area contributed by atoms with E-state index in [0.29, 0.717) is 34.5 Å². The van der Waals surface area contributed by atoms with Crippen molar-refractivity contribution in [2.24, 2.45) is 0 Å². The van der Waals surface area contributed by atoms with Crippen LogP contribution in [0.4, 0.5) is 23.0 Å². The molecule has 37 heavy (non-hydrogen) atoms. The number of furan rings is 1. The van der Waals surface area contributed by atoms with Gasteiger partial charge in [-0.25, -0.2) is 4.98 Å². The molecule has 2 aromatic heterocycles. The van der Waals surface area contributed by atoms with E-state index in [1.54, 1.807) is 36.6 Å². The smallest absolute Gasteiger partial charge is 0.268 e. The molecule has 2 N–H and O–H groups in total. The van der Waals surface area contributed by atoms with E-state index in [0.717, 1.165) is 31.9 Å². The van der Waals surface area contributed by atoms with Crippen molar-refractivity contribution in [1.82, 2.24) is 14.9 Å². The molecule has 0 unspecified atom stereocenters. The van der Waals surface area contributed by atoms with Crippen molar-refractivity contribution in [3.8, 4) is 11.6 Å². The highest BCUT2D eigenvalue weighted by Crippen LogP contribution is 2.31. The van der Waals surface area contributed by atoms with Crippen LogP contribution in [0, 0.1) is 0 Å². The molecule has 5 rings (SSSR count). The summed E-state index contributed by atoms with van der Waals surface area (Å²) < 4.78 is 11.6. The summed E-state index contributed by atoms with van der Waals surface area (Å²) >= 11 is 0. The number of nitrogens with zero attached hydrogens (tertiary/aromatic N) is 4. The minimum Gasteiger partial charge on any atom is -0.457 e. The summed E-state index contributed by atoms with van der Waals surface area (Å²) in [5.74, 6) is 0.844. The van der Waals surface area contributed by atoms with Gasteiger partial charge in [0.25, 0.3) is 5.88 Å². The van der Waals surface area contributed by atoms with Gasteiger partial charge in [0.05, 0.1) is 6.26 Å². The second-order valence-electron chi connectivity index (χ2n) is 9.10. The van der Waals surface area contributed by atoms with Crippen LogP contribution in [0.2, 0.25) is 0 Å². The molecule has 0 atom stereocenters. The van der Waals surface area contributed by atoms with Crippen molar-refractivity contribution in [3.63, 3.8) is 0 Å². The van der Waals surface area contributed by atoms with Gasteiger partial charge in [-0.05, 0) is 56.3 Å². The number of piperazine rings is 1. The minimum absolute atomic E-state index is 0.268. The largest absolute Gasteiger partial charge is 0.457 e. The molecule has 1 aliphatic heterocycles. The van der Waals surface area contributed by atoms with Crippen LogP contribution in [0.25, 0.3) is 11.1 Å². The highest BCUT2D eigenvalue weighted by atomic mass is 16.5. The Morgan fingerprint density at radius 1 is 1.05 bits per heavy atom. The van der Waals surface area contributed by atoms with Gasteiger partial charge in [0.2, 0.25) is 17.4 Å². The third-order valence-corrected chi connectivity index (χ3v) is 6.31. The molecule has 1 aliphatic rings. The molecule has 0 bridgehead atoms. The quantitative estimate of drug-likeness (QED) is 0.311. The molecule has 0 spiro atoms. The van der Waals surface area contributed by atoms with Crippen LogP contribution in [0.3, 0.4) is 0 Å². The zero-order valence-corrected chi connectivity index (χ0v) is 21.0. The van der Waals surface area contributed by atoms with Crippen molar-refractivity contribution in [1.29, 1.82) is 0 Å². The van der Waals surface area contributed by atoms with Crippen LogP contribution in [0.15, 0.2) is 77.9 Å². The molecule has 0 radical (unpaired) electrons. The number of hydrogen-bond acceptors (Lipinski definition) is 8. The van der Waals surface area contributed by atoms with Crippen LogP contribution in [0.5, 0.6) is 11.6 Å². The lowest BCUT2D eigenvalue weighted by atomic mass is 10.2. The molecule has 9 nitrogen and oxygen atoms in total. The van der Waals surface area contributed by atoms with Gasteiger partial charge in [-0.2, -0.15) is 4.98 Å². The van der Waals surface area contributed by atoms with Crippen LogP contribution in [-0.2, 0) is 4.79 Å². The number of carbonyl (C=O) groups is 1. The van der Waals surface area contributed by atoms with E-state index in [-0.39, 0.29) is 11.8 Å². The number of benzene rings is 2. The first-order valence-corrected chi connectivity index (χ1v) is 12.3. The van der Waals surface area contributed by atoms with Gasteiger partial charge in [0.15, 0.2) is 0 Å². The summed E-state index contributed by atoms with van der Waals surface area (Å²) in [6.07, 6.45) is 2.76. The Kier molecular flexibility index (Phi) is 7.04. The number of ether oxygens (including phenoxy) is 1. The fourth-order valence-corrected chi connectivity index (χ4v) is 4.29. The van der Waals surface area contributed by atoms with Crippen LogP contribution < -0.4 is 20.3 Å². The summed E-state index contributed by atoms with van der Waals surface area (Å²) in [5, 5.41) is 5.99. The highest BCUT2D eigenvalue weighted by Gasteiger charge is 2.19. The van der Waals surface area contributed by atoms with E-state index >= 15 is 0 Å². The van der Waals surface area contributed by atoms with Gasteiger partial charge in [-0.3, -0.25) is 9.69 Å². The van der Waals surface area contributed by atoms with Crippen molar-refractivity contribution in [2.75, 3.05) is 41.7 Å². The van der Waals surface area contributed by atoms with Crippen LogP contribution in [-0.4, -0.2) is 53.0 Å². The molecule has 9 heteroatoms. The first-order chi connectivity index (χ1) is 18.0. The van der Waals surface area contributed by atoms with E-state index < -0.39 is 0 Å². The molecule has 1 saturated heterocycles. The number of hydrogen-bond donors (Lipinski definition) is 2. The number of amides is 1. The van der Waals surface area contributed by atoms with Gasteiger partial charge in [-0.15, -0.1) is 0 Å². The summed E-state index contributed by atoms with van der Waals surface area (Å²) in [4.78, 5) is 25.7. The molecular weight excluding hydrogens is 468 g/mol.